The lowest BCUT2D eigenvalue weighted by Crippen LogP contribution is -2.14. The van der Waals surface area contributed by atoms with Gasteiger partial charge in [-0.15, -0.1) is 10.2 Å². The van der Waals surface area contributed by atoms with Crippen LogP contribution in [0.2, 0.25) is 0 Å². The Morgan fingerprint density at radius 1 is 1.12 bits per heavy atom. The van der Waals surface area contributed by atoms with Gasteiger partial charge in [0.1, 0.15) is 5.01 Å². The Hall–Kier alpha value is -1.01. The van der Waals surface area contributed by atoms with Crippen molar-refractivity contribution < 1.29 is 0 Å². The van der Waals surface area contributed by atoms with Crippen molar-refractivity contribution in [3.8, 4) is 0 Å². The highest BCUT2D eigenvalue weighted by Gasteiger charge is 2.31. The first kappa shape index (κ1) is 9.96. The molecule has 2 aliphatic carbocycles. The summed E-state index contributed by atoms with van der Waals surface area (Å²) in [5.74, 6) is 2.21. The van der Waals surface area contributed by atoms with E-state index in [1.54, 1.807) is 11.3 Å². The largest absolute Gasteiger partial charge is 0.328 e. The van der Waals surface area contributed by atoms with Crippen molar-refractivity contribution in [2.45, 2.75) is 50.0 Å². The van der Waals surface area contributed by atoms with Gasteiger partial charge in [-0.3, -0.25) is 0 Å². The average molecular weight is 249 g/mol. The fourth-order valence-corrected chi connectivity index (χ4v) is 3.64. The van der Waals surface area contributed by atoms with Gasteiger partial charge in [-0.2, -0.15) is 9.61 Å². The van der Waals surface area contributed by atoms with Crippen LogP contribution in [-0.4, -0.2) is 25.9 Å². The maximum Gasteiger partial charge on any atom is 0.234 e. The molecule has 2 fully saturated rings. The van der Waals surface area contributed by atoms with E-state index in [4.69, 9.17) is 10.8 Å². The van der Waals surface area contributed by atoms with Crippen LogP contribution in [0.5, 0.6) is 0 Å². The topological polar surface area (TPSA) is 69.1 Å². The summed E-state index contributed by atoms with van der Waals surface area (Å²) in [7, 11) is 0. The van der Waals surface area contributed by atoms with Crippen LogP contribution in [0.1, 0.15) is 54.8 Å². The fourth-order valence-electron chi connectivity index (χ4n) is 2.65. The zero-order valence-corrected chi connectivity index (χ0v) is 10.4. The monoisotopic (exact) mass is 249 g/mol. The maximum atomic E-state index is 5.96. The van der Waals surface area contributed by atoms with Gasteiger partial charge in [0.2, 0.25) is 4.96 Å². The Labute approximate surface area is 103 Å². The van der Waals surface area contributed by atoms with E-state index < -0.39 is 0 Å². The molecule has 0 bridgehead atoms. The van der Waals surface area contributed by atoms with Gasteiger partial charge in [0.15, 0.2) is 5.82 Å². The minimum absolute atomic E-state index is 0.359. The van der Waals surface area contributed by atoms with Gasteiger partial charge >= 0.3 is 0 Å². The lowest BCUT2D eigenvalue weighted by Gasteiger charge is -2.03. The van der Waals surface area contributed by atoms with E-state index in [2.05, 4.69) is 10.2 Å². The average Bonchev–Trinajstić information content (AvgIpc) is 2.73. The predicted molar refractivity (Wildman–Crippen MR) is 65.2 cm³/mol. The summed E-state index contributed by atoms with van der Waals surface area (Å²) in [5.41, 5.74) is 5.96. The molecule has 4 rings (SSSR count). The molecule has 0 radical (unpaired) electrons. The molecule has 0 spiro atoms. The lowest BCUT2D eigenvalue weighted by molar-refractivity contribution is 0.658. The molecule has 2 saturated carbocycles. The smallest absolute Gasteiger partial charge is 0.234 e. The SMILES string of the molecule is N[C@H]1CC[C@@H](c2nn3c(C4CC4)nnc3s2)C1. The molecule has 0 aromatic carbocycles. The highest BCUT2D eigenvalue weighted by Crippen LogP contribution is 2.40. The van der Waals surface area contributed by atoms with Gasteiger partial charge in [-0.25, -0.2) is 0 Å². The third kappa shape index (κ3) is 1.58. The van der Waals surface area contributed by atoms with Crippen LogP contribution in [0.3, 0.4) is 0 Å². The molecule has 6 heteroatoms. The Morgan fingerprint density at radius 2 is 1.94 bits per heavy atom. The molecular formula is C11H15N5S. The summed E-state index contributed by atoms with van der Waals surface area (Å²) in [6.07, 6.45) is 5.84. The molecule has 2 aromatic rings. The van der Waals surface area contributed by atoms with E-state index in [0.29, 0.717) is 17.9 Å². The lowest BCUT2D eigenvalue weighted by atomic mass is 10.1. The molecule has 5 nitrogen and oxygen atoms in total. The third-order valence-corrected chi connectivity index (χ3v) is 4.86. The van der Waals surface area contributed by atoms with Crippen molar-refractivity contribution in [1.29, 1.82) is 0 Å². The maximum absolute atomic E-state index is 5.96. The molecule has 17 heavy (non-hydrogen) atoms. The predicted octanol–water partition coefficient (Wildman–Crippen LogP) is 1.66. The van der Waals surface area contributed by atoms with Gasteiger partial charge < -0.3 is 5.73 Å². The van der Waals surface area contributed by atoms with Crippen LogP contribution in [0.4, 0.5) is 0 Å². The summed E-state index contributed by atoms with van der Waals surface area (Å²) in [6, 6.07) is 0.359. The standard InChI is InChI=1S/C11H15N5S/c12-8-4-3-7(5-8)10-15-16-9(6-1-2-6)13-14-11(16)17-10/h6-8H,1-5,12H2/t7-,8+/m1/s1. The highest BCUT2D eigenvalue weighted by molar-refractivity contribution is 7.16. The number of fused-ring (bicyclic) bond motifs is 1. The quantitative estimate of drug-likeness (QED) is 0.878. The van der Waals surface area contributed by atoms with E-state index in [9.17, 15) is 0 Å². The molecule has 0 amide bonds. The van der Waals surface area contributed by atoms with Gasteiger partial charge in [0, 0.05) is 17.9 Å². The van der Waals surface area contributed by atoms with E-state index in [1.165, 1.54) is 24.3 Å². The molecule has 2 N–H and O–H groups in total. The van der Waals surface area contributed by atoms with E-state index >= 15 is 0 Å². The first-order chi connectivity index (χ1) is 8.31. The van der Waals surface area contributed by atoms with Crippen molar-refractivity contribution in [2.24, 2.45) is 5.73 Å². The number of hydrogen-bond donors (Lipinski definition) is 1. The van der Waals surface area contributed by atoms with Crippen LogP contribution in [-0.2, 0) is 0 Å². The fraction of sp³-hybridized carbons (Fsp3) is 0.727. The second-order valence-electron chi connectivity index (χ2n) is 5.24. The number of nitrogens with two attached hydrogens (primary N) is 1. The van der Waals surface area contributed by atoms with Crippen LogP contribution in [0.25, 0.3) is 4.96 Å². The van der Waals surface area contributed by atoms with Crippen LogP contribution in [0.15, 0.2) is 0 Å². The number of hydrogen-bond acceptors (Lipinski definition) is 5. The number of aromatic nitrogens is 4. The van der Waals surface area contributed by atoms with E-state index in [1.807, 2.05) is 4.52 Å². The van der Waals surface area contributed by atoms with Gasteiger partial charge in [0.05, 0.1) is 0 Å². The van der Waals surface area contributed by atoms with Gasteiger partial charge in [0.25, 0.3) is 0 Å². The molecule has 0 saturated heterocycles. The first-order valence-electron chi connectivity index (χ1n) is 6.29. The first-order valence-corrected chi connectivity index (χ1v) is 7.10. The molecule has 2 atom stereocenters. The van der Waals surface area contributed by atoms with Crippen LogP contribution >= 0.6 is 11.3 Å². The second-order valence-corrected chi connectivity index (χ2v) is 6.22. The normalized spacial score (nSPS) is 29.2. The minimum Gasteiger partial charge on any atom is -0.328 e. The zero-order valence-electron chi connectivity index (χ0n) is 9.54. The van der Waals surface area contributed by atoms with E-state index in [-0.39, 0.29) is 0 Å². The molecule has 90 valence electrons. The van der Waals surface area contributed by atoms with E-state index in [0.717, 1.165) is 23.6 Å². The summed E-state index contributed by atoms with van der Waals surface area (Å²) in [5, 5.41) is 14.4. The van der Waals surface area contributed by atoms with Crippen molar-refractivity contribution in [1.82, 2.24) is 19.8 Å². The number of nitrogens with zero attached hydrogens (tertiary/aromatic N) is 4. The Kier molecular flexibility index (Phi) is 2.05. The van der Waals surface area contributed by atoms with Crippen molar-refractivity contribution in [3.63, 3.8) is 0 Å². The van der Waals surface area contributed by atoms with Crippen LogP contribution in [0, 0.1) is 0 Å². The molecule has 2 aromatic heterocycles. The van der Waals surface area contributed by atoms with Gasteiger partial charge in [-0.05, 0) is 32.1 Å². The summed E-state index contributed by atoms with van der Waals surface area (Å²) < 4.78 is 1.96. The van der Waals surface area contributed by atoms with Crippen LogP contribution < -0.4 is 5.73 Å². The molecular weight excluding hydrogens is 234 g/mol. The molecule has 2 heterocycles. The minimum atomic E-state index is 0.359. The summed E-state index contributed by atoms with van der Waals surface area (Å²) >= 11 is 1.69. The Bertz CT molecular complexity index is 555. The molecule has 2 aliphatic rings. The molecule has 0 aliphatic heterocycles. The Morgan fingerprint density at radius 3 is 2.65 bits per heavy atom. The van der Waals surface area contributed by atoms with Gasteiger partial charge in [-0.1, -0.05) is 11.3 Å². The Balaban J connectivity index is 1.72. The molecule has 0 unspecified atom stereocenters. The number of rotatable bonds is 2. The summed E-state index contributed by atoms with van der Waals surface area (Å²) in [6.45, 7) is 0. The second kappa shape index (κ2) is 3.49. The zero-order chi connectivity index (χ0) is 11.4. The third-order valence-electron chi connectivity index (χ3n) is 3.80. The highest BCUT2D eigenvalue weighted by atomic mass is 32.1. The van der Waals surface area contributed by atoms with Crippen molar-refractivity contribution >= 4 is 16.3 Å². The summed E-state index contributed by atoms with van der Waals surface area (Å²) in [4.78, 5) is 0.947. The van der Waals surface area contributed by atoms with Crippen molar-refractivity contribution in [3.05, 3.63) is 10.8 Å². The van der Waals surface area contributed by atoms with Crippen molar-refractivity contribution in [2.75, 3.05) is 0 Å².